The molecule has 1 aromatic rings. The zero-order valence-corrected chi connectivity index (χ0v) is 14.8. The third-order valence-electron chi connectivity index (χ3n) is 4.50. The van der Waals surface area contributed by atoms with Crippen molar-refractivity contribution in [3.05, 3.63) is 35.4 Å². The number of carbonyl (C=O) groups is 2. The summed E-state index contributed by atoms with van der Waals surface area (Å²) < 4.78 is 0. The number of carbonyl (C=O) groups excluding carboxylic acids is 2. The van der Waals surface area contributed by atoms with Crippen molar-refractivity contribution in [1.82, 2.24) is 10.2 Å². The van der Waals surface area contributed by atoms with Gasteiger partial charge in [-0.3, -0.25) is 9.59 Å². The monoisotopic (exact) mass is 338 g/mol. The van der Waals surface area contributed by atoms with Crippen molar-refractivity contribution in [1.29, 1.82) is 0 Å². The third-order valence-corrected chi connectivity index (χ3v) is 4.50. The van der Waals surface area contributed by atoms with E-state index in [0.717, 1.165) is 32.4 Å². The van der Waals surface area contributed by atoms with E-state index in [1.165, 1.54) is 5.56 Å². The lowest BCUT2D eigenvalue weighted by Crippen LogP contribution is -2.44. The van der Waals surface area contributed by atoms with Gasteiger partial charge in [0.2, 0.25) is 5.91 Å². The Labute approximate surface area is 145 Å². The number of nitrogens with zero attached hydrogens (tertiary/aromatic N) is 1. The summed E-state index contributed by atoms with van der Waals surface area (Å²) in [5.74, 6) is 0.125. The highest BCUT2D eigenvalue weighted by molar-refractivity contribution is 5.98. The SMILES string of the molecule is CCc1ccc(C(=O)CCC(=O)N(C)C2CCNCC2)cc1.Cl. The van der Waals surface area contributed by atoms with Gasteiger partial charge in [-0.1, -0.05) is 31.2 Å². The molecule has 1 aromatic carbocycles. The first-order valence-corrected chi connectivity index (χ1v) is 8.20. The summed E-state index contributed by atoms with van der Waals surface area (Å²) in [5.41, 5.74) is 1.92. The van der Waals surface area contributed by atoms with Gasteiger partial charge in [0.05, 0.1) is 0 Å². The second-order valence-electron chi connectivity index (χ2n) is 5.96. The predicted molar refractivity (Wildman–Crippen MR) is 95.3 cm³/mol. The van der Waals surface area contributed by atoms with E-state index in [0.29, 0.717) is 24.4 Å². The first-order valence-electron chi connectivity index (χ1n) is 8.20. The molecule has 1 aliphatic heterocycles. The average molecular weight is 339 g/mol. The fourth-order valence-electron chi connectivity index (χ4n) is 2.87. The molecule has 1 amide bonds. The summed E-state index contributed by atoms with van der Waals surface area (Å²) in [4.78, 5) is 26.2. The highest BCUT2D eigenvalue weighted by atomic mass is 35.5. The van der Waals surface area contributed by atoms with E-state index >= 15 is 0 Å². The number of nitrogens with one attached hydrogen (secondary N) is 1. The number of hydrogen-bond acceptors (Lipinski definition) is 3. The molecule has 0 radical (unpaired) electrons. The zero-order chi connectivity index (χ0) is 15.9. The Balaban J connectivity index is 0.00000264. The number of rotatable bonds is 6. The molecule has 0 bridgehead atoms. The molecule has 5 heteroatoms. The maximum atomic E-state index is 12.2. The van der Waals surface area contributed by atoms with Gasteiger partial charge in [0.15, 0.2) is 5.78 Å². The second kappa shape index (κ2) is 9.68. The van der Waals surface area contributed by atoms with Crippen LogP contribution in [0.4, 0.5) is 0 Å². The van der Waals surface area contributed by atoms with Gasteiger partial charge in [0.25, 0.3) is 0 Å². The van der Waals surface area contributed by atoms with Crippen molar-refractivity contribution < 1.29 is 9.59 Å². The van der Waals surface area contributed by atoms with Gasteiger partial charge in [0.1, 0.15) is 0 Å². The van der Waals surface area contributed by atoms with E-state index in [1.807, 2.05) is 36.2 Å². The summed E-state index contributed by atoms with van der Waals surface area (Å²) >= 11 is 0. The molecule has 0 spiro atoms. The van der Waals surface area contributed by atoms with Crippen molar-refractivity contribution in [3.63, 3.8) is 0 Å². The topological polar surface area (TPSA) is 49.4 Å². The summed E-state index contributed by atoms with van der Waals surface area (Å²) in [6.45, 7) is 4.02. The van der Waals surface area contributed by atoms with Crippen LogP contribution in [0.5, 0.6) is 0 Å². The molecule has 0 unspecified atom stereocenters. The number of aryl methyl sites for hydroxylation is 1. The standard InChI is InChI=1S/C18H26N2O2.ClH/c1-3-14-4-6-15(7-5-14)17(21)8-9-18(22)20(2)16-10-12-19-13-11-16;/h4-7,16,19H,3,8-13H2,1-2H3;1H. The normalized spacial score (nSPS) is 14.9. The minimum atomic E-state index is 0. The van der Waals surface area contributed by atoms with E-state index in [2.05, 4.69) is 12.2 Å². The number of Topliss-reactive ketones (excluding diaryl/α,β-unsaturated/α-hetero) is 1. The molecular weight excluding hydrogens is 312 g/mol. The molecule has 1 fully saturated rings. The van der Waals surface area contributed by atoms with Gasteiger partial charge >= 0.3 is 0 Å². The number of ketones is 1. The van der Waals surface area contributed by atoms with Crippen LogP contribution in [0.25, 0.3) is 0 Å². The van der Waals surface area contributed by atoms with Crippen LogP contribution < -0.4 is 5.32 Å². The number of amides is 1. The smallest absolute Gasteiger partial charge is 0.223 e. The van der Waals surface area contributed by atoms with Crippen LogP contribution in [-0.2, 0) is 11.2 Å². The predicted octanol–water partition coefficient (Wildman–Crippen LogP) is 2.84. The molecule has 0 aromatic heterocycles. The lowest BCUT2D eigenvalue weighted by molar-refractivity contribution is -0.132. The van der Waals surface area contributed by atoms with Crippen LogP contribution in [0.3, 0.4) is 0 Å². The van der Waals surface area contributed by atoms with Gasteiger partial charge in [-0.25, -0.2) is 0 Å². The highest BCUT2D eigenvalue weighted by Gasteiger charge is 2.22. The quantitative estimate of drug-likeness (QED) is 0.811. The Morgan fingerprint density at radius 2 is 1.74 bits per heavy atom. The molecule has 23 heavy (non-hydrogen) atoms. The molecule has 4 nitrogen and oxygen atoms in total. The summed E-state index contributed by atoms with van der Waals surface area (Å²) in [6, 6.07) is 8.00. The van der Waals surface area contributed by atoms with Crippen LogP contribution in [0.1, 0.15) is 48.5 Å². The van der Waals surface area contributed by atoms with Crippen LogP contribution in [-0.4, -0.2) is 42.8 Å². The van der Waals surface area contributed by atoms with Crippen molar-refractivity contribution in [2.75, 3.05) is 20.1 Å². The Kier molecular flexibility index (Phi) is 8.28. The fourth-order valence-corrected chi connectivity index (χ4v) is 2.87. The molecule has 0 atom stereocenters. The Morgan fingerprint density at radius 1 is 1.13 bits per heavy atom. The molecule has 1 aliphatic rings. The minimum Gasteiger partial charge on any atom is -0.343 e. The molecular formula is C18H27ClN2O2. The lowest BCUT2D eigenvalue weighted by Gasteiger charge is -2.31. The number of hydrogen-bond donors (Lipinski definition) is 1. The highest BCUT2D eigenvalue weighted by Crippen LogP contribution is 2.13. The second-order valence-corrected chi connectivity index (χ2v) is 5.96. The fraction of sp³-hybridized carbons (Fsp3) is 0.556. The van der Waals surface area contributed by atoms with Crippen LogP contribution in [0.15, 0.2) is 24.3 Å². The molecule has 1 saturated heterocycles. The van der Waals surface area contributed by atoms with Gasteiger partial charge in [-0.2, -0.15) is 0 Å². The molecule has 0 saturated carbocycles. The summed E-state index contributed by atoms with van der Waals surface area (Å²) in [6.07, 6.45) is 3.55. The van der Waals surface area contributed by atoms with Gasteiger partial charge in [-0.15, -0.1) is 12.4 Å². The molecule has 0 aliphatic carbocycles. The molecule has 128 valence electrons. The van der Waals surface area contributed by atoms with E-state index < -0.39 is 0 Å². The number of piperidine rings is 1. The average Bonchev–Trinajstić information content (AvgIpc) is 2.59. The Morgan fingerprint density at radius 3 is 2.30 bits per heavy atom. The summed E-state index contributed by atoms with van der Waals surface area (Å²) in [7, 11) is 1.86. The minimum absolute atomic E-state index is 0. The maximum absolute atomic E-state index is 12.2. The van der Waals surface area contributed by atoms with Crippen LogP contribution in [0, 0.1) is 0 Å². The number of halogens is 1. The summed E-state index contributed by atoms with van der Waals surface area (Å²) in [5, 5.41) is 3.30. The molecule has 1 heterocycles. The van der Waals surface area contributed by atoms with E-state index in [4.69, 9.17) is 0 Å². The molecule has 2 rings (SSSR count). The molecule has 1 N–H and O–H groups in total. The zero-order valence-electron chi connectivity index (χ0n) is 14.0. The van der Waals surface area contributed by atoms with Gasteiger partial charge < -0.3 is 10.2 Å². The van der Waals surface area contributed by atoms with Crippen molar-refractivity contribution >= 4 is 24.1 Å². The largest absolute Gasteiger partial charge is 0.343 e. The van der Waals surface area contributed by atoms with Crippen LogP contribution in [0.2, 0.25) is 0 Å². The van der Waals surface area contributed by atoms with Gasteiger partial charge in [0, 0.05) is 31.5 Å². The van der Waals surface area contributed by atoms with Gasteiger partial charge in [-0.05, 0) is 37.9 Å². The first-order chi connectivity index (χ1) is 10.6. The van der Waals surface area contributed by atoms with Crippen LogP contribution >= 0.6 is 12.4 Å². The van der Waals surface area contributed by atoms with E-state index in [1.54, 1.807) is 0 Å². The third kappa shape index (κ3) is 5.63. The van der Waals surface area contributed by atoms with Crippen molar-refractivity contribution in [2.24, 2.45) is 0 Å². The van der Waals surface area contributed by atoms with E-state index in [9.17, 15) is 9.59 Å². The van der Waals surface area contributed by atoms with E-state index in [-0.39, 0.29) is 24.1 Å². The number of benzene rings is 1. The van der Waals surface area contributed by atoms with Crippen molar-refractivity contribution in [2.45, 2.75) is 45.1 Å². The lowest BCUT2D eigenvalue weighted by atomic mass is 10.0. The Bertz CT molecular complexity index is 510. The van der Waals surface area contributed by atoms with Crippen molar-refractivity contribution in [3.8, 4) is 0 Å². The first kappa shape index (κ1) is 19.7. The Hall–Kier alpha value is -1.39. The maximum Gasteiger partial charge on any atom is 0.223 e.